The monoisotopic (exact) mass is 652 g/mol. The van der Waals surface area contributed by atoms with Crippen molar-refractivity contribution in [3.05, 3.63) is 55.5 Å². The fourth-order valence-electron chi connectivity index (χ4n) is 3.69. The minimum atomic E-state index is -0.417. The second-order valence-electron chi connectivity index (χ2n) is 11.9. The van der Waals surface area contributed by atoms with Gasteiger partial charge in [-0.3, -0.25) is 4.90 Å². The summed E-state index contributed by atoms with van der Waals surface area (Å²) in [5.74, 6) is 0.171. The second kappa shape index (κ2) is 15.3. The first-order chi connectivity index (χ1) is 16.3. The molecule has 0 unspecified atom stereocenters. The third-order valence-electron chi connectivity index (χ3n) is 5.53. The molecule has 0 saturated carbocycles. The average Bonchev–Trinajstić information content (AvgIpc) is 2.68. The molecule has 0 saturated heterocycles. The van der Waals surface area contributed by atoms with Gasteiger partial charge < -0.3 is 20.2 Å². The smallest absolute Gasteiger partial charge is 0.872 e. The van der Waals surface area contributed by atoms with E-state index in [4.69, 9.17) is 0 Å². The Labute approximate surface area is 252 Å². The largest absolute Gasteiger partial charge is 3.00 e. The molecule has 0 atom stereocenters. The van der Waals surface area contributed by atoms with Crippen molar-refractivity contribution in [1.29, 1.82) is 0 Å². The van der Waals surface area contributed by atoms with Gasteiger partial charge in [-0.1, -0.05) is 87.2 Å². The van der Waals surface area contributed by atoms with E-state index in [-0.39, 0.29) is 39.7 Å². The van der Waals surface area contributed by atoms with E-state index < -0.39 is 6.10 Å². The van der Waals surface area contributed by atoms with Gasteiger partial charge in [0.05, 0.1) is 0 Å². The van der Waals surface area contributed by atoms with Crippen LogP contribution in [0.1, 0.15) is 77.6 Å². The molecule has 0 aliphatic rings. The van der Waals surface area contributed by atoms with Crippen molar-refractivity contribution in [2.75, 3.05) is 27.2 Å². The van der Waals surface area contributed by atoms with Gasteiger partial charge in [0.2, 0.25) is 0 Å². The average molecular weight is 654 g/mol. The summed E-state index contributed by atoms with van der Waals surface area (Å²) >= 11 is 7.18. The summed E-state index contributed by atoms with van der Waals surface area (Å²) in [6, 6.07) is 7.69. The summed E-state index contributed by atoms with van der Waals surface area (Å²) in [5.41, 5.74) is 2.63. The molecule has 0 spiro atoms. The molecular formula is C29H43AlBr2N2O3. The van der Waals surface area contributed by atoms with E-state index in [0.29, 0.717) is 13.1 Å². The van der Waals surface area contributed by atoms with E-state index in [2.05, 4.69) is 83.2 Å². The van der Waals surface area contributed by atoms with Crippen LogP contribution < -0.4 is 15.3 Å². The maximum absolute atomic E-state index is 13.3. The van der Waals surface area contributed by atoms with E-state index in [0.717, 1.165) is 44.3 Å². The van der Waals surface area contributed by atoms with Gasteiger partial charge in [0.25, 0.3) is 0 Å². The molecule has 2 aromatic carbocycles. The van der Waals surface area contributed by atoms with E-state index >= 15 is 0 Å². The van der Waals surface area contributed by atoms with Crippen molar-refractivity contribution in [2.45, 2.75) is 85.4 Å². The van der Waals surface area contributed by atoms with Crippen molar-refractivity contribution in [3.63, 3.8) is 0 Å². The van der Waals surface area contributed by atoms with Crippen molar-refractivity contribution >= 4 is 49.2 Å². The van der Waals surface area contributed by atoms with Crippen LogP contribution in [-0.2, 0) is 23.9 Å². The molecule has 5 nitrogen and oxygen atoms in total. The van der Waals surface area contributed by atoms with Crippen LogP contribution in [0.15, 0.2) is 33.2 Å². The van der Waals surface area contributed by atoms with Gasteiger partial charge in [-0.05, 0) is 71.4 Å². The third kappa shape index (κ3) is 12.4. The van der Waals surface area contributed by atoms with Crippen LogP contribution in [0.2, 0.25) is 0 Å². The minimum Gasteiger partial charge on any atom is -0.872 e. The Bertz CT molecular complexity index is 926. The maximum atomic E-state index is 13.3. The minimum absolute atomic E-state index is 0. The fourth-order valence-corrected chi connectivity index (χ4v) is 4.70. The van der Waals surface area contributed by atoms with Gasteiger partial charge in [0, 0.05) is 35.1 Å². The van der Waals surface area contributed by atoms with Crippen molar-refractivity contribution < 1.29 is 15.3 Å². The standard InChI is InChI=1S/C26H38Br2N2O2.C3H7O.Al/c1-25(2,3)21-13-19(27)11-17(23(21)31)15-30(10-9-29(7)8)16-18-12-20(28)14-22(24(18)32)26(4,5)6;1-3(2)4;/h11-14,31-32H,9-10,15-16H2,1-8H3;3H,1-2H3;/q;-1;+3/p-2. The topological polar surface area (TPSA) is 75.7 Å². The van der Waals surface area contributed by atoms with Gasteiger partial charge in [-0.15, -0.1) is 17.6 Å². The molecule has 0 heterocycles. The molecule has 0 N–H and O–H groups in total. The van der Waals surface area contributed by atoms with Crippen LogP contribution in [0.3, 0.4) is 0 Å². The normalized spacial score (nSPS) is 12.0. The zero-order chi connectivity index (χ0) is 28.0. The van der Waals surface area contributed by atoms with Gasteiger partial charge in [0.1, 0.15) is 0 Å². The van der Waals surface area contributed by atoms with Crippen LogP contribution in [0.25, 0.3) is 0 Å². The van der Waals surface area contributed by atoms with Crippen molar-refractivity contribution in [1.82, 2.24) is 9.80 Å². The zero-order valence-electron chi connectivity index (χ0n) is 24.2. The SMILES string of the molecule is CC(C)[O-].CN(C)CCN(Cc1cc(Br)cc(C(C)(C)C)c1[O-])Cc1cc(Br)cc(C(C)(C)C)c1[O-].[Al+3]. The molecular weight excluding hydrogens is 611 g/mol. The number of hydrogen-bond donors (Lipinski definition) is 0. The summed E-state index contributed by atoms with van der Waals surface area (Å²) in [6.45, 7) is 18.1. The van der Waals surface area contributed by atoms with Crippen LogP contribution >= 0.6 is 31.9 Å². The zero-order valence-corrected chi connectivity index (χ0v) is 28.5. The number of likely N-dealkylation sites (N-methyl/N-ethyl adjacent to an activating group) is 1. The maximum Gasteiger partial charge on any atom is 3.00 e. The Morgan fingerprint density at radius 1 is 0.730 bits per heavy atom. The molecule has 2 rings (SSSR count). The van der Waals surface area contributed by atoms with Crippen LogP contribution in [0, 0.1) is 0 Å². The molecule has 0 aromatic heterocycles. The van der Waals surface area contributed by atoms with E-state index in [1.165, 1.54) is 0 Å². The summed E-state index contributed by atoms with van der Waals surface area (Å²) < 4.78 is 1.82. The molecule has 0 aliphatic heterocycles. The molecule has 0 radical (unpaired) electrons. The quantitative estimate of drug-likeness (QED) is 0.398. The number of nitrogens with zero attached hydrogens (tertiary/aromatic N) is 2. The van der Waals surface area contributed by atoms with Crippen molar-refractivity contribution in [3.8, 4) is 11.5 Å². The van der Waals surface area contributed by atoms with Gasteiger partial charge in [-0.25, -0.2) is 0 Å². The van der Waals surface area contributed by atoms with Gasteiger partial charge in [0.15, 0.2) is 0 Å². The Balaban J connectivity index is 0.00000241. The summed E-state index contributed by atoms with van der Waals surface area (Å²) in [4.78, 5) is 4.32. The van der Waals surface area contributed by atoms with Crippen LogP contribution in [0.4, 0.5) is 0 Å². The van der Waals surface area contributed by atoms with Crippen molar-refractivity contribution in [2.24, 2.45) is 0 Å². The second-order valence-corrected chi connectivity index (χ2v) is 13.8. The summed E-state index contributed by atoms with van der Waals surface area (Å²) in [7, 11) is 4.06. The van der Waals surface area contributed by atoms with Gasteiger partial charge in [-0.2, -0.15) is 0 Å². The Kier molecular flexibility index (Phi) is 15.0. The van der Waals surface area contributed by atoms with Crippen LogP contribution in [0.5, 0.6) is 11.5 Å². The number of hydrogen-bond acceptors (Lipinski definition) is 5. The first kappa shape index (κ1) is 36.4. The molecule has 0 bridgehead atoms. The third-order valence-corrected chi connectivity index (χ3v) is 6.44. The van der Waals surface area contributed by atoms with E-state index in [9.17, 15) is 15.3 Å². The molecule has 2 aromatic rings. The van der Waals surface area contributed by atoms with E-state index in [1.54, 1.807) is 13.8 Å². The Morgan fingerprint density at radius 2 is 1.05 bits per heavy atom. The molecule has 0 fully saturated rings. The fraction of sp³-hybridized carbons (Fsp3) is 0.586. The predicted octanol–water partition coefficient (Wildman–Crippen LogP) is 4.89. The summed E-state index contributed by atoms with van der Waals surface area (Å²) in [6.07, 6.45) is -0.417. The van der Waals surface area contributed by atoms with E-state index in [1.807, 2.05) is 38.4 Å². The first-order valence-electron chi connectivity index (χ1n) is 12.4. The molecule has 37 heavy (non-hydrogen) atoms. The number of rotatable bonds is 7. The molecule has 204 valence electrons. The molecule has 0 aliphatic carbocycles. The number of halogens is 2. The van der Waals surface area contributed by atoms with Crippen LogP contribution in [-0.4, -0.2) is 60.4 Å². The molecule has 8 heteroatoms. The predicted molar refractivity (Wildman–Crippen MR) is 158 cm³/mol. The Morgan fingerprint density at radius 3 is 1.32 bits per heavy atom. The Hall–Kier alpha value is -0.588. The first-order valence-corrected chi connectivity index (χ1v) is 13.9. The molecule has 0 amide bonds. The summed E-state index contributed by atoms with van der Waals surface area (Å²) in [5, 5.41) is 36.1. The van der Waals surface area contributed by atoms with Gasteiger partial charge >= 0.3 is 17.4 Å². The number of benzene rings is 2.